The molecular formula is C18H18F2N2O2. The van der Waals surface area contributed by atoms with Gasteiger partial charge in [-0.05, 0) is 53.4 Å². The van der Waals surface area contributed by atoms with Crippen LogP contribution in [-0.2, 0) is 19.5 Å². The van der Waals surface area contributed by atoms with Crippen LogP contribution in [0.15, 0.2) is 36.4 Å². The zero-order chi connectivity index (χ0) is 17.1. The molecule has 0 aliphatic carbocycles. The van der Waals surface area contributed by atoms with Crippen LogP contribution in [0.1, 0.15) is 16.7 Å². The van der Waals surface area contributed by atoms with Crippen LogP contribution in [0, 0.1) is 11.6 Å². The second kappa shape index (κ2) is 6.86. The van der Waals surface area contributed by atoms with Crippen molar-refractivity contribution >= 4 is 6.03 Å². The smallest absolute Gasteiger partial charge is 0.318 e. The molecule has 3 rings (SSSR count). The van der Waals surface area contributed by atoms with Gasteiger partial charge in [-0.1, -0.05) is 6.07 Å². The van der Waals surface area contributed by atoms with Crippen molar-refractivity contribution in [2.75, 3.05) is 13.7 Å². The van der Waals surface area contributed by atoms with Gasteiger partial charge in [0, 0.05) is 19.6 Å². The Bertz CT molecular complexity index is 765. The standard InChI is InChI=1S/C18H18F2N2O2/c1-24-16-4-2-13-10-22(11-14(13)9-16)18(23)21-7-6-12-8-15(19)3-5-17(12)20/h2-5,8-9H,6-7,10-11H2,1H3,(H,21,23). The molecule has 0 unspecified atom stereocenters. The maximum atomic E-state index is 13.5. The molecule has 2 aromatic carbocycles. The molecule has 126 valence electrons. The minimum Gasteiger partial charge on any atom is -0.497 e. The number of amides is 2. The van der Waals surface area contributed by atoms with Crippen LogP contribution >= 0.6 is 0 Å². The summed E-state index contributed by atoms with van der Waals surface area (Å²) in [6.07, 6.45) is 0.240. The number of fused-ring (bicyclic) bond motifs is 1. The Morgan fingerprint density at radius 1 is 1.17 bits per heavy atom. The Labute approximate surface area is 139 Å². The van der Waals surface area contributed by atoms with Crippen LogP contribution in [0.3, 0.4) is 0 Å². The predicted molar refractivity (Wildman–Crippen MR) is 85.7 cm³/mol. The second-order valence-corrected chi connectivity index (χ2v) is 5.71. The van der Waals surface area contributed by atoms with E-state index in [0.717, 1.165) is 35.1 Å². The molecule has 1 heterocycles. The monoisotopic (exact) mass is 332 g/mol. The maximum Gasteiger partial charge on any atom is 0.318 e. The maximum absolute atomic E-state index is 13.5. The lowest BCUT2D eigenvalue weighted by Crippen LogP contribution is -2.37. The van der Waals surface area contributed by atoms with Gasteiger partial charge in [-0.3, -0.25) is 0 Å². The summed E-state index contributed by atoms with van der Waals surface area (Å²) in [5.74, 6) is -0.189. The van der Waals surface area contributed by atoms with E-state index < -0.39 is 11.6 Å². The quantitative estimate of drug-likeness (QED) is 0.934. The summed E-state index contributed by atoms with van der Waals surface area (Å²) in [7, 11) is 1.60. The van der Waals surface area contributed by atoms with Crippen LogP contribution in [-0.4, -0.2) is 24.6 Å². The Balaban J connectivity index is 1.54. The molecule has 2 aromatic rings. The van der Waals surface area contributed by atoms with Gasteiger partial charge in [0.05, 0.1) is 7.11 Å². The van der Waals surface area contributed by atoms with Crippen molar-refractivity contribution in [3.05, 3.63) is 64.7 Å². The Kier molecular flexibility index (Phi) is 4.64. The fraction of sp³-hybridized carbons (Fsp3) is 0.278. The molecule has 0 fully saturated rings. The first-order valence-electron chi connectivity index (χ1n) is 7.69. The number of halogens is 2. The molecule has 24 heavy (non-hydrogen) atoms. The van der Waals surface area contributed by atoms with E-state index in [4.69, 9.17) is 4.74 Å². The molecule has 0 atom stereocenters. The fourth-order valence-electron chi connectivity index (χ4n) is 2.79. The number of carbonyl (C=O) groups is 1. The van der Waals surface area contributed by atoms with E-state index in [1.54, 1.807) is 12.0 Å². The van der Waals surface area contributed by atoms with E-state index in [-0.39, 0.29) is 24.6 Å². The number of ether oxygens (including phenoxy) is 1. The summed E-state index contributed by atoms with van der Waals surface area (Å²) < 4.78 is 31.8. The molecule has 2 amide bonds. The third kappa shape index (κ3) is 3.48. The Hall–Kier alpha value is -2.63. The number of nitrogens with one attached hydrogen (secondary N) is 1. The van der Waals surface area contributed by atoms with Gasteiger partial charge in [0.25, 0.3) is 0 Å². The van der Waals surface area contributed by atoms with Gasteiger partial charge in [0.15, 0.2) is 0 Å². The molecule has 1 aliphatic heterocycles. The van der Waals surface area contributed by atoms with Crippen molar-refractivity contribution in [2.45, 2.75) is 19.5 Å². The number of benzene rings is 2. The molecule has 0 radical (unpaired) electrons. The van der Waals surface area contributed by atoms with Crippen molar-refractivity contribution in [2.24, 2.45) is 0 Å². The lowest BCUT2D eigenvalue weighted by atomic mass is 10.1. The Morgan fingerprint density at radius 3 is 2.75 bits per heavy atom. The van der Waals surface area contributed by atoms with Gasteiger partial charge >= 0.3 is 6.03 Å². The van der Waals surface area contributed by atoms with Gasteiger partial charge in [0.1, 0.15) is 17.4 Å². The highest BCUT2D eigenvalue weighted by Gasteiger charge is 2.23. The van der Waals surface area contributed by atoms with E-state index in [9.17, 15) is 13.6 Å². The zero-order valence-corrected chi connectivity index (χ0v) is 13.3. The highest BCUT2D eigenvalue weighted by Crippen LogP contribution is 2.26. The molecule has 0 bridgehead atoms. The lowest BCUT2D eigenvalue weighted by molar-refractivity contribution is 0.198. The number of rotatable bonds is 4. The molecule has 0 saturated heterocycles. The fourth-order valence-corrected chi connectivity index (χ4v) is 2.79. The van der Waals surface area contributed by atoms with Crippen LogP contribution in [0.4, 0.5) is 13.6 Å². The normalized spacial score (nSPS) is 12.9. The summed E-state index contributed by atoms with van der Waals surface area (Å²) >= 11 is 0. The average Bonchev–Trinajstić information content (AvgIpc) is 3.01. The van der Waals surface area contributed by atoms with E-state index in [2.05, 4.69) is 5.32 Å². The summed E-state index contributed by atoms with van der Waals surface area (Å²) in [4.78, 5) is 13.9. The molecule has 0 saturated carbocycles. The van der Waals surface area contributed by atoms with Gasteiger partial charge < -0.3 is 15.0 Å². The number of urea groups is 1. The first-order chi connectivity index (χ1) is 11.6. The summed E-state index contributed by atoms with van der Waals surface area (Å²) in [5, 5.41) is 2.75. The second-order valence-electron chi connectivity index (χ2n) is 5.71. The number of methoxy groups -OCH3 is 1. The zero-order valence-electron chi connectivity index (χ0n) is 13.3. The summed E-state index contributed by atoms with van der Waals surface area (Å²) in [6, 6.07) is 8.84. The number of nitrogens with zero attached hydrogens (tertiary/aromatic N) is 1. The first kappa shape index (κ1) is 16.2. The average molecular weight is 332 g/mol. The molecule has 6 heteroatoms. The largest absolute Gasteiger partial charge is 0.497 e. The minimum absolute atomic E-state index is 0.220. The van der Waals surface area contributed by atoms with Crippen molar-refractivity contribution in [3.63, 3.8) is 0 Å². The summed E-state index contributed by atoms with van der Waals surface area (Å²) in [5.41, 5.74) is 2.40. The topological polar surface area (TPSA) is 41.6 Å². The van der Waals surface area contributed by atoms with Gasteiger partial charge in [-0.2, -0.15) is 0 Å². The van der Waals surface area contributed by atoms with Crippen molar-refractivity contribution in [3.8, 4) is 5.75 Å². The van der Waals surface area contributed by atoms with E-state index in [0.29, 0.717) is 13.1 Å². The predicted octanol–water partition coefficient (Wildman–Crippen LogP) is 3.24. The van der Waals surface area contributed by atoms with Crippen LogP contribution in [0.25, 0.3) is 0 Å². The van der Waals surface area contributed by atoms with Crippen molar-refractivity contribution in [1.29, 1.82) is 0 Å². The van der Waals surface area contributed by atoms with Gasteiger partial charge in [0.2, 0.25) is 0 Å². The SMILES string of the molecule is COc1ccc2c(c1)CN(C(=O)NCCc1cc(F)ccc1F)C2. The van der Waals surface area contributed by atoms with E-state index in [1.807, 2.05) is 18.2 Å². The third-order valence-electron chi connectivity index (χ3n) is 4.10. The molecule has 1 N–H and O–H groups in total. The third-order valence-corrected chi connectivity index (χ3v) is 4.10. The molecule has 0 spiro atoms. The van der Waals surface area contributed by atoms with E-state index >= 15 is 0 Å². The van der Waals surface area contributed by atoms with Gasteiger partial charge in [-0.25, -0.2) is 13.6 Å². The highest BCUT2D eigenvalue weighted by atomic mass is 19.1. The molecular weight excluding hydrogens is 314 g/mol. The molecule has 4 nitrogen and oxygen atoms in total. The lowest BCUT2D eigenvalue weighted by Gasteiger charge is -2.16. The minimum atomic E-state index is -0.485. The molecule has 1 aliphatic rings. The van der Waals surface area contributed by atoms with Crippen LogP contribution in [0.5, 0.6) is 5.75 Å². The number of carbonyl (C=O) groups excluding carboxylic acids is 1. The number of hydrogen-bond donors (Lipinski definition) is 1. The first-order valence-corrected chi connectivity index (χ1v) is 7.69. The van der Waals surface area contributed by atoms with Crippen molar-refractivity contribution in [1.82, 2.24) is 10.2 Å². The Morgan fingerprint density at radius 2 is 1.96 bits per heavy atom. The van der Waals surface area contributed by atoms with Crippen LogP contribution in [0.2, 0.25) is 0 Å². The van der Waals surface area contributed by atoms with Crippen molar-refractivity contribution < 1.29 is 18.3 Å². The molecule has 0 aromatic heterocycles. The van der Waals surface area contributed by atoms with Gasteiger partial charge in [-0.15, -0.1) is 0 Å². The highest BCUT2D eigenvalue weighted by molar-refractivity contribution is 5.75. The van der Waals surface area contributed by atoms with E-state index in [1.165, 1.54) is 0 Å². The van der Waals surface area contributed by atoms with Crippen LogP contribution < -0.4 is 10.1 Å². The summed E-state index contributed by atoms with van der Waals surface area (Å²) in [6.45, 7) is 1.28. The number of hydrogen-bond acceptors (Lipinski definition) is 2.